The van der Waals surface area contributed by atoms with Crippen molar-refractivity contribution in [1.82, 2.24) is 9.78 Å². The number of carbonyl (C=O) groups is 2. The highest BCUT2D eigenvalue weighted by Gasteiger charge is 2.32. The molecule has 0 bridgehead atoms. The molecule has 1 N–H and O–H groups in total. The Hall–Kier alpha value is -2.63. The molecule has 0 fully saturated rings. The lowest BCUT2D eigenvalue weighted by molar-refractivity contribution is -0.137. The molecule has 6 heteroatoms. The molecule has 1 aliphatic heterocycles. The van der Waals surface area contributed by atoms with E-state index < -0.39 is 5.97 Å². The van der Waals surface area contributed by atoms with E-state index in [2.05, 4.69) is 5.10 Å². The normalized spacial score (nSPS) is 16.6. The first-order chi connectivity index (χ1) is 10.6. The van der Waals surface area contributed by atoms with Crippen LogP contribution in [0.1, 0.15) is 29.4 Å². The predicted molar refractivity (Wildman–Crippen MR) is 80.9 cm³/mol. The molecule has 1 aromatic heterocycles. The van der Waals surface area contributed by atoms with Crippen LogP contribution in [0.4, 0.5) is 5.69 Å². The number of amides is 1. The summed E-state index contributed by atoms with van der Waals surface area (Å²) in [6.07, 6.45) is 2.46. The molecule has 1 aromatic carbocycles. The monoisotopic (exact) mass is 299 g/mol. The minimum Gasteiger partial charge on any atom is -0.481 e. The van der Waals surface area contributed by atoms with Gasteiger partial charge in [-0.1, -0.05) is 18.2 Å². The molecule has 0 aliphatic carbocycles. The summed E-state index contributed by atoms with van der Waals surface area (Å²) >= 11 is 0. The number of carboxylic acid groups (broad SMARTS) is 1. The first kappa shape index (κ1) is 14.3. The topological polar surface area (TPSA) is 75.4 Å². The molecule has 6 nitrogen and oxygen atoms in total. The third-order valence-corrected chi connectivity index (χ3v) is 3.84. The molecule has 0 radical (unpaired) electrons. The summed E-state index contributed by atoms with van der Waals surface area (Å²) in [5.41, 5.74) is 2.43. The van der Waals surface area contributed by atoms with Gasteiger partial charge in [0.25, 0.3) is 5.91 Å². The summed E-state index contributed by atoms with van der Waals surface area (Å²) in [4.78, 5) is 25.1. The van der Waals surface area contributed by atoms with Crippen LogP contribution in [-0.4, -0.2) is 32.8 Å². The fourth-order valence-electron chi connectivity index (χ4n) is 2.81. The van der Waals surface area contributed by atoms with Crippen LogP contribution >= 0.6 is 0 Å². The number of benzene rings is 1. The average molecular weight is 299 g/mol. The van der Waals surface area contributed by atoms with Crippen molar-refractivity contribution in [3.05, 3.63) is 47.8 Å². The van der Waals surface area contributed by atoms with E-state index in [4.69, 9.17) is 5.11 Å². The van der Waals surface area contributed by atoms with Crippen molar-refractivity contribution in [3.8, 4) is 0 Å². The van der Waals surface area contributed by atoms with Crippen LogP contribution in [0.25, 0.3) is 0 Å². The van der Waals surface area contributed by atoms with Gasteiger partial charge in [-0.05, 0) is 31.0 Å². The number of hydrogen-bond acceptors (Lipinski definition) is 3. The molecule has 1 aliphatic rings. The van der Waals surface area contributed by atoms with Gasteiger partial charge in [-0.25, -0.2) is 0 Å². The van der Waals surface area contributed by atoms with Crippen molar-refractivity contribution in [3.63, 3.8) is 0 Å². The summed E-state index contributed by atoms with van der Waals surface area (Å²) in [7, 11) is 0. The van der Waals surface area contributed by atoms with E-state index in [1.807, 2.05) is 31.2 Å². The van der Waals surface area contributed by atoms with E-state index >= 15 is 0 Å². The summed E-state index contributed by atoms with van der Waals surface area (Å²) in [6, 6.07) is 9.60. The van der Waals surface area contributed by atoms with Crippen LogP contribution in [0.15, 0.2) is 36.5 Å². The standard InChI is InChI=1S/C16H17N3O3/c1-11-10-12-4-2-3-5-14(12)19(11)16(22)13-6-8-18(17-13)9-7-15(20)21/h2-6,8,11H,7,9-10H2,1H3,(H,20,21). The third kappa shape index (κ3) is 2.59. The number of nitrogens with zero attached hydrogens (tertiary/aromatic N) is 3. The van der Waals surface area contributed by atoms with Crippen LogP contribution < -0.4 is 4.90 Å². The molecule has 3 rings (SSSR count). The first-order valence-electron chi connectivity index (χ1n) is 7.23. The zero-order valence-corrected chi connectivity index (χ0v) is 12.3. The Bertz CT molecular complexity index is 723. The quantitative estimate of drug-likeness (QED) is 0.936. The molecule has 1 amide bonds. The number of hydrogen-bond donors (Lipinski definition) is 1. The van der Waals surface area contributed by atoms with Crippen molar-refractivity contribution >= 4 is 17.6 Å². The Morgan fingerprint density at radius 2 is 2.09 bits per heavy atom. The van der Waals surface area contributed by atoms with E-state index in [0.717, 1.165) is 17.7 Å². The maximum atomic E-state index is 12.7. The number of anilines is 1. The highest BCUT2D eigenvalue weighted by molar-refractivity contribution is 6.06. The Labute approximate surface area is 128 Å². The van der Waals surface area contributed by atoms with Gasteiger partial charge in [0.05, 0.1) is 13.0 Å². The fourth-order valence-corrected chi connectivity index (χ4v) is 2.81. The van der Waals surface area contributed by atoms with Gasteiger partial charge in [0.1, 0.15) is 0 Å². The molecule has 0 saturated heterocycles. The second-order valence-electron chi connectivity index (χ2n) is 5.46. The van der Waals surface area contributed by atoms with Crippen LogP contribution in [0.5, 0.6) is 0 Å². The number of carboxylic acids is 1. The van der Waals surface area contributed by atoms with Crippen molar-refractivity contribution in [1.29, 1.82) is 0 Å². The SMILES string of the molecule is CC1Cc2ccccc2N1C(=O)c1ccn(CCC(=O)O)n1. The van der Waals surface area contributed by atoms with Gasteiger partial charge >= 0.3 is 5.97 Å². The maximum absolute atomic E-state index is 12.7. The second kappa shape index (κ2) is 5.63. The fraction of sp³-hybridized carbons (Fsp3) is 0.312. The maximum Gasteiger partial charge on any atom is 0.305 e. The van der Waals surface area contributed by atoms with Gasteiger partial charge in [0.15, 0.2) is 5.69 Å². The van der Waals surface area contributed by atoms with Gasteiger partial charge in [-0.3, -0.25) is 14.3 Å². The molecule has 22 heavy (non-hydrogen) atoms. The molecular weight excluding hydrogens is 282 g/mol. The first-order valence-corrected chi connectivity index (χ1v) is 7.23. The number of carbonyl (C=O) groups excluding carboxylic acids is 1. The Morgan fingerprint density at radius 1 is 1.32 bits per heavy atom. The lowest BCUT2D eigenvalue weighted by atomic mass is 10.1. The number of aliphatic carboxylic acids is 1. The van der Waals surface area contributed by atoms with Crippen LogP contribution in [0.2, 0.25) is 0 Å². The van der Waals surface area contributed by atoms with E-state index in [1.165, 1.54) is 4.68 Å². The largest absolute Gasteiger partial charge is 0.481 e. The van der Waals surface area contributed by atoms with Gasteiger partial charge in [0, 0.05) is 17.9 Å². The Morgan fingerprint density at radius 3 is 2.86 bits per heavy atom. The minimum absolute atomic E-state index is 0.0156. The van der Waals surface area contributed by atoms with Gasteiger partial charge in [0.2, 0.25) is 0 Å². The molecular formula is C16H17N3O3. The second-order valence-corrected chi connectivity index (χ2v) is 5.46. The van der Waals surface area contributed by atoms with E-state index in [0.29, 0.717) is 5.69 Å². The van der Waals surface area contributed by atoms with Gasteiger partial charge in [-0.2, -0.15) is 5.10 Å². The van der Waals surface area contributed by atoms with Crippen LogP contribution in [0, 0.1) is 0 Å². The molecule has 0 spiro atoms. The van der Waals surface area contributed by atoms with E-state index in [-0.39, 0.29) is 24.9 Å². The van der Waals surface area contributed by atoms with E-state index in [9.17, 15) is 9.59 Å². The zero-order chi connectivity index (χ0) is 15.7. The number of fused-ring (bicyclic) bond motifs is 1. The van der Waals surface area contributed by atoms with E-state index in [1.54, 1.807) is 17.2 Å². The number of rotatable bonds is 4. The summed E-state index contributed by atoms with van der Waals surface area (Å²) in [6.45, 7) is 2.27. The van der Waals surface area contributed by atoms with Gasteiger partial charge in [-0.15, -0.1) is 0 Å². The molecule has 2 heterocycles. The average Bonchev–Trinajstić information content (AvgIpc) is 3.07. The third-order valence-electron chi connectivity index (χ3n) is 3.84. The van der Waals surface area contributed by atoms with Crippen molar-refractivity contribution in [2.75, 3.05) is 4.90 Å². The Kier molecular flexibility index (Phi) is 3.66. The predicted octanol–water partition coefficient (Wildman–Crippen LogP) is 1.95. The van der Waals surface area contributed by atoms with Crippen molar-refractivity contribution < 1.29 is 14.7 Å². The van der Waals surface area contributed by atoms with Crippen LogP contribution in [-0.2, 0) is 17.8 Å². The van der Waals surface area contributed by atoms with Gasteiger partial charge < -0.3 is 10.0 Å². The molecule has 2 aromatic rings. The Balaban J connectivity index is 1.81. The van der Waals surface area contributed by atoms with Crippen molar-refractivity contribution in [2.24, 2.45) is 0 Å². The number of aryl methyl sites for hydroxylation is 1. The lowest BCUT2D eigenvalue weighted by Gasteiger charge is -2.21. The molecule has 114 valence electrons. The molecule has 1 unspecified atom stereocenters. The smallest absolute Gasteiger partial charge is 0.305 e. The highest BCUT2D eigenvalue weighted by atomic mass is 16.4. The molecule has 0 saturated carbocycles. The minimum atomic E-state index is -0.884. The van der Waals surface area contributed by atoms with Crippen molar-refractivity contribution in [2.45, 2.75) is 32.4 Å². The highest BCUT2D eigenvalue weighted by Crippen LogP contribution is 2.32. The number of aromatic nitrogens is 2. The summed E-state index contributed by atoms with van der Waals surface area (Å²) < 4.78 is 1.49. The van der Waals surface area contributed by atoms with Crippen LogP contribution in [0.3, 0.4) is 0 Å². The number of para-hydroxylation sites is 1. The zero-order valence-electron chi connectivity index (χ0n) is 12.3. The lowest BCUT2D eigenvalue weighted by Crippen LogP contribution is -2.36. The molecule has 1 atom stereocenters. The summed E-state index contributed by atoms with van der Waals surface area (Å²) in [5.74, 6) is -1.03. The summed E-state index contributed by atoms with van der Waals surface area (Å²) in [5, 5.41) is 12.9.